The molecule has 8 nitrogen and oxygen atoms in total. The standard InChI is InChI=1S/C27H28N4O4S/c1-18-6-7-24(36-18)19-13-20-16-30(27(32)22-15-29-31-9-4-8-28-26(22)31)10-12-34-25(20)23(14-19)35-17-21-5-2-3-11-33-21/h4,6-9,13-15,21H,2-3,5,10-12,16-17H2,1H3/t21-/m0/s1. The summed E-state index contributed by atoms with van der Waals surface area (Å²) >= 11 is 1.74. The van der Waals surface area contributed by atoms with Crippen LogP contribution in [0.5, 0.6) is 11.5 Å². The van der Waals surface area contributed by atoms with Gasteiger partial charge >= 0.3 is 0 Å². The number of thiophene rings is 1. The monoisotopic (exact) mass is 504 g/mol. The molecule has 0 bridgehead atoms. The molecular formula is C27H28N4O4S. The average Bonchev–Trinajstić information content (AvgIpc) is 3.47. The maximum Gasteiger partial charge on any atom is 0.259 e. The number of hydrogen-bond acceptors (Lipinski definition) is 7. The van der Waals surface area contributed by atoms with E-state index in [4.69, 9.17) is 14.2 Å². The van der Waals surface area contributed by atoms with E-state index >= 15 is 0 Å². The van der Waals surface area contributed by atoms with Crippen LogP contribution in [0.3, 0.4) is 0 Å². The zero-order valence-electron chi connectivity index (χ0n) is 20.2. The summed E-state index contributed by atoms with van der Waals surface area (Å²) in [6.45, 7) is 4.61. The third kappa shape index (κ3) is 4.56. The van der Waals surface area contributed by atoms with E-state index in [9.17, 15) is 4.79 Å². The second kappa shape index (κ2) is 9.91. The maximum atomic E-state index is 13.5. The van der Waals surface area contributed by atoms with Gasteiger partial charge in [0, 0.05) is 40.9 Å². The Morgan fingerprint density at radius 2 is 2.19 bits per heavy atom. The van der Waals surface area contributed by atoms with Gasteiger partial charge in [0.2, 0.25) is 0 Å². The molecule has 2 aliphatic heterocycles. The minimum Gasteiger partial charge on any atom is -0.487 e. The highest BCUT2D eigenvalue weighted by atomic mass is 32.1. The quantitative estimate of drug-likeness (QED) is 0.390. The van der Waals surface area contributed by atoms with Crippen molar-refractivity contribution in [2.75, 3.05) is 26.4 Å². The number of fused-ring (bicyclic) bond motifs is 2. The van der Waals surface area contributed by atoms with E-state index in [1.54, 1.807) is 45.4 Å². The molecule has 36 heavy (non-hydrogen) atoms. The molecule has 0 saturated carbocycles. The van der Waals surface area contributed by atoms with Crippen molar-refractivity contribution in [1.82, 2.24) is 19.5 Å². The molecule has 0 aliphatic carbocycles. The van der Waals surface area contributed by atoms with Crippen LogP contribution in [-0.4, -0.2) is 57.9 Å². The van der Waals surface area contributed by atoms with E-state index in [1.807, 2.05) is 0 Å². The first-order valence-electron chi connectivity index (χ1n) is 12.3. The van der Waals surface area contributed by atoms with Crippen LogP contribution >= 0.6 is 11.3 Å². The Hall–Kier alpha value is -3.43. The molecule has 1 atom stereocenters. The molecule has 0 unspecified atom stereocenters. The number of benzene rings is 1. The second-order valence-corrected chi connectivity index (χ2v) is 10.5. The van der Waals surface area contributed by atoms with Crippen LogP contribution in [0.15, 0.2) is 48.9 Å². The minimum atomic E-state index is -0.115. The van der Waals surface area contributed by atoms with Crippen molar-refractivity contribution in [1.29, 1.82) is 0 Å². The van der Waals surface area contributed by atoms with Crippen LogP contribution in [0, 0.1) is 6.92 Å². The second-order valence-electron chi connectivity index (χ2n) is 9.19. The van der Waals surface area contributed by atoms with Crippen molar-refractivity contribution in [2.45, 2.75) is 38.8 Å². The number of ether oxygens (including phenoxy) is 3. The lowest BCUT2D eigenvalue weighted by molar-refractivity contribution is -0.0115. The SMILES string of the molecule is Cc1ccc(-c2cc3c(c(OC[C@@H]4CCCCO4)c2)OCCN(C(=O)c2cnn4cccnc24)C3)s1. The van der Waals surface area contributed by atoms with E-state index < -0.39 is 0 Å². The molecule has 0 spiro atoms. The molecule has 0 radical (unpaired) electrons. The van der Waals surface area contributed by atoms with Gasteiger partial charge in [-0.05, 0) is 62.1 Å². The smallest absolute Gasteiger partial charge is 0.259 e. The van der Waals surface area contributed by atoms with Crippen molar-refractivity contribution in [3.63, 3.8) is 0 Å². The molecule has 1 aromatic carbocycles. The molecule has 1 amide bonds. The molecule has 1 saturated heterocycles. The molecule has 0 N–H and O–H groups in total. The molecule has 6 rings (SSSR count). The van der Waals surface area contributed by atoms with Crippen molar-refractivity contribution in [3.8, 4) is 21.9 Å². The van der Waals surface area contributed by atoms with Crippen LogP contribution in [-0.2, 0) is 11.3 Å². The van der Waals surface area contributed by atoms with E-state index in [0.29, 0.717) is 49.0 Å². The number of carbonyl (C=O) groups excluding carboxylic acids is 1. The van der Waals surface area contributed by atoms with Crippen LogP contribution in [0.2, 0.25) is 0 Å². The molecule has 3 aromatic heterocycles. The summed E-state index contributed by atoms with van der Waals surface area (Å²) in [5.74, 6) is 1.29. The summed E-state index contributed by atoms with van der Waals surface area (Å²) in [5, 5.41) is 4.29. The molecule has 4 aromatic rings. The molecular weight excluding hydrogens is 476 g/mol. The third-order valence-corrected chi connectivity index (χ3v) is 7.67. The lowest BCUT2D eigenvalue weighted by atomic mass is 10.1. The summed E-state index contributed by atoms with van der Waals surface area (Å²) in [6, 6.07) is 10.2. The van der Waals surface area contributed by atoms with Gasteiger partial charge in [0.05, 0.1) is 18.8 Å². The fourth-order valence-corrected chi connectivity index (χ4v) is 5.62. The number of carbonyl (C=O) groups is 1. The van der Waals surface area contributed by atoms with E-state index in [0.717, 1.165) is 41.9 Å². The molecule has 186 valence electrons. The van der Waals surface area contributed by atoms with E-state index in [2.05, 4.69) is 41.3 Å². The normalized spacial score (nSPS) is 17.9. The van der Waals surface area contributed by atoms with Gasteiger partial charge in [0.1, 0.15) is 18.8 Å². The number of amides is 1. The largest absolute Gasteiger partial charge is 0.487 e. The Kier molecular flexibility index (Phi) is 6.33. The first-order chi connectivity index (χ1) is 17.7. The van der Waals surface area contributed by atoms with Crippen LogP contribution in [0.1, 0.15) is 40.1 Å². The first-order valence-corrected chi connectivity index (χ1v) is 13.2. The lowest BCUT2D eigenvalue weighted by Crippen LogP contribution is -2.32. The Morgan fingerprint density at radius 1 is 1.25 bits per heavy atom. The van der Waals surface area contributed by atoms with Gasteiger partial charge in [0.15, 0.2) is 17.1 Å². The molecule has 9 heteroatoms. The van der Waals surface area contributed by atoms with Crippen LogP contribution in [0.25, 0.3) is 16.1 Å². The Bertz CT molecular complexity index is 1390. The number of hydrogen-bond donors (Lipinski definition) is 0. The number of aryl methyl sites for hydroxylation is 1. The Balaban J connectivity index is 1.33. The number of rotatable bonds is 5. The summed E-state index contributed by atoms with van der Waals surface area (Å²) in [4.78, 5) is 22.1. The highest BCUT2D eigenvalue weighted by Gasteiger charge is 2.27. The molecule has 2 aliphatic rings. The summed E-state index contributed by atoms with van der Waals surface area (Å²) in [6.07, 6.45) is 8.40. The Morgan fingerprint density at radius 3 is 3.03 bits per heavy atom. The molecule has 1 fully saturated rings. The van der Waals surface area contributed by atoms with Crippen molar-refractivity contribution >= 4 is 22.9 Å². The number of aromatic nitrogens is 3. The molecule has 5 heterocycles. The topological polar surface area (TPSA) is 78.2 Å². The van der Waals surface area contributed by atoms with Gasteiger partial charge < -0.3 is 19.1 Å². The van der Waals surface area contributed by atoms with Gasteiger partial charge in [-0.15, -0.1) is 11.3 Å². The van der Waals surface area contributed by atoms with Crippen LogP contribution < -0.4 is 9.47 Å². The predicted octanol–water partition coefficient (Wildman–Crippen LogP) is 4.75. The maximum absolute atomic E-state index is 13.5. The fourth-order valence-electron chi connectivity index (χ4n) is 4.77. The summed E-state index contributed by atoms with van der Waals surface area (Å²) in [7, 11) is 0. The van der Waals surface area contributed by atoms with Crippen molar-refractivity contribution < 1.29 is 19.0 Å². The van der Waals surface area contributed by atoms with Gasteiger partial charge in [-0.3, -0.25) is 4.79 Å². The van der Waals surface area contributed by atoms with Gasteiger partial charge in [-0.25, -0.2) is 9.50 Å². The van der Waals surface area contributed by atoms with Crippen molar-refractivity contribution in [3.05, 3.63) is 64.9 Å². The number of nitrogens with zero attached hydrogens (tertiary/aromatic N) is 4. The lowest BCUT2D eigenvalue weighted by Gasteiger charge is -2.24. The first kappa shape index (κ1) is 23.0. The highest BCUT2D eigenvalue weighted by molar-refractivity contribution is 7.15. The highest BCUT2D eigenvalue weighted by Crippen LogP contribution is 2.40. The van der Waals surface area contributed by atoms with Gasteiger partial charge in [0.25, 0.3) is 5.91 Å². The third-order valence-electron chi connectivity index (χ3n) is 6.62. The van der Waals surface area contributed by atoms with E-state index in [1.165, 1.54) is 4.88 Å². The predicted molar refractivity (Wildman–Crippen MR) is 137 cm³/mol. The average molecular weight is 505 g/mol. The van der Waals surface area contributed by atoms with E-state index in [-0.39, 0.29) is 12.0 Å². The summed E-state index contributed by atoms with van der Waals surface area (Å²) < 4.78 is 20.0. The van der Waals surface area contributed by atoms with Crippen LogP contribution in [0.4, 0.5) is 0 Å². The zero-order valence-corrected chi connectivity index (χ0v) is 21.0. The zero-order chi connectivity index (χ0) is 24.5. The van der Waals surface area contributed by atoms with Gasteiger partial charge in [-0.2, -0.15) is 5.10 Å². The fraction of sp³-hybridized carbons (Fsp3) is 0.370. The minimum absolute atomic E-state index is 0.0917. The Labute approximate surface area is 213 Å². The van der Waals surface area contributed by atoms with Crippen molar-refractivity contribution in [2.24, 2.45) is 0 Å². The van der Waals surface area contributed by atoms with Gasteiger partial charge in [-0.1, -0.05) is 0 Å². The summed E-state index contributed by atoms with van der Waals surface area (Å²) in [5.41, 5.74) is 3.01.